The second-order valence-corrected chi connectivity index (χ2v) is 5.48. The molecule has 1 aromatic rings. The Morgan fingerprint density at radius 2 is 2.10 bits per heavy atom. The zero-order chi connectivity index (χ0) is 15.4. The van der Waals surface area contributed by atoms with Crippen molar-refractivity contribution in [3.8, 4) is 0 Å². The molecule has 1 aromatic heterocycles. The number of carbonyl (C=O) groups is 1. The second kappa shape index (κ2) is 6.93. The molecule has 0 spiro atoms. The summed E-state index contributed by atoms with van der Waals surface area (Å²) in [5.41, 5.74) is 6.31. The van der Waals surface area contributed by atoms with E-state index >= 15 is 0 Å². The predicted octanol–water partition coefficient (Wildman–Crippen LogP) is 2.07. The van der Waals surface area contributed by atoms with Gasteiger partial charge >= 0.3 is 5.97 Å². The van der Waals surface area contributed by atoms with Crippen molar-refractivity contribution in [2.45, 2.75) is 64.5 Å². The molecule has 0 amide bonds. The van der Waals surface area contributed by atoms with Gasteiger partial charge in [-0.25, -0.2) is 9.78 Å². The number of aliphatic hydroxyl groups is 1. The minimum atomic E-state index is -0.494. The van der Waals surface area contributed by atoms with E-state index in [0.29, 0.717) is 18.8 Å². The zero-order valence-corrected chi connectivity index (χ0v) is 12.8. The number of imidazole rings is 1. The number of esters is 1. The number of nitrogens with two attached hydrogens (primary N) is 1. The number of hydrogen-bond acceptors (Lipinski definition) is 5. The molecule has 2 unspecified atom stereocenters. The van der Waals surface area contributed by atoms with Gasteiger partial charge in [0.1, 0.15) is 11.6 Å². The van der Waals surface area contributed by atoms with E-state index in [-0.39, 0.29) is 11.7 Å². The summed E-state index contributed by atoms with van der Waals surface area (Å²) in [4.78, 5) is 16.3. The monoisotopic (exact) mass is 295 g/mol. The van der Waals surface area contributed by atoms with E-state index in [1.807, 2.05) is 11.5 Å². The number of anilines is 1. The minimum absolute atomic E-state index is 0.0990. The summed E-state index contributed by atoms with van der Waals surface area (Å²) in [6.45, 7) is 4.01. The molecule has 0 saturated heterocycles. The Kier molecular flexibility index (Phi) is 5.22. The lowest BCUT2D eigenvalue weighted by molar-refractivity contribution is 0.0520. The lowest BCUT2D eigenvalue weighted by Gasteiger charge is -2.24. The highest BCUT2D eigenvalue weighted by Crippen LogP contribution is 2.32. The van der Waals surface area contributed by atoms with Crippen LogP contribution in [-0.4, -0.2) is 33.3 Å². The Morgan fingerprint density at radius 3 is 2.76 bits per heavy atom. The van der Waals surface area contributed by atoms with Crippen LogP contribution in [0.15, 0.2) is 0 Å². The Hall–Kier alpha value is -1.56. The highest BCUT2D eigenvalue weighted by atomic mass is 16.5. The van der Waals surface area contributed by atoms with Crippen LogP contribution < -0.4 is 5.73 Å². The van der Waals surface area contributed by atoms with Crippen LogP contribution in [0.5, 0.6) is 0 Å². The largest absolute Gasteiger partial charge is 0.461 e. The zero-order valence-electron chi connectivity index (χ0n) is 12.8. The molecule has 0 aromatic carbocycles. The maximum Gasteiger partial charge on any atom is 0.360 e. The van der Waals surface area contributed by atoms with E-state index in [2.05, 4.69) is 4.98 Å². The average molecular weight is 295 g/mol. The SMILES string of the molecule is CCOC(=O)c1nc(CC)n(C2CCCCCC2O)c1N. The molecule has 6 nitrogen and oxygen atoms in total. The van der Waals surface area contributed by atoms with Crippen LogP contribution in [0.3, 0.4) is 0 Å². The van der Waals surface area contributed by atoms with Gasteiger partial charge in [-0.15, -0.1) is 0 Å². The third-order valence-electron chi connectivity index (χ3n) is 4.08. The van der Waals surface area contributed by atoms with Crippen molar-refractivity contribution < 1.29 is 14.6 Å². The first-order valence-corrected chi connectivity index (χ1v) is 7.81. The quantitative estimate of drug-likeness (QED) is 0.655. The Labute approximate surface area is 125 Å². The topological polar surface area (TPSA) is 90.4 Å². The van der Waals surface area contributed by atoms with Crippen LogP contribution >= 0.6 is 0 Å². The molecule has 21 heavy (non-hydrogen) atoms. The predicted molar refractivity (Wildman–Crippen MR) is 80.1 cm³/mol. The van der Waals surface area contributed by atoms with Crippen molar-refractivity contribution in [2.24, 2.45) is 0 Å². The Balaban J connectivity index is 2.39. The van der Waals surface area contributed by atoms with Gasteiger partial charge in [0.15, 0.2) is 5.69 Å². The fourth-order valence-electron chi connectivity index (χ4n) is 3.03. The van der Waals surface area contributed by atoms with Gasteiger partial charge in [-0.3, -0.25) is 0 Å². The van der Waals surface area contributed by atoms with Crippen LogP contribution in [-0.2, 0) is 11.2 Å². The highest BCUT2D eigenvalue weighted by molar-refractivity contribution is 5.92. The fraction of sp³-hybridized carbons (Fsp3) is 0.733. The van der Waals surface area contributed by atoms with Gasteiger partial charge in [-0.2, -0.15) is 0 Å². The van der Waals surface area contributed by atoms with Crippen molar-refractivity contribution in [3.05, 3.63) is 11.5 Å². The summed E-state index contributed by atoms with van der Waals surface area (Å²) in [6, 6.07) is -0.0990. The van der Waals surface area contributed by atoms with Crippen molar-refractivity contribution in [1.82, 2.24) is 9.55 Å². The molecule has 2 rings (SSSR count). The lowest BCUT2D eigenvalue weighted by Crippen LogP contribution is -2.26. The van der Waals surface area contributed by atoms with Crippen molar-refractivity contribution in [2.75, 3.05) is 12.3 Å². The van der Waals surface area contributed by atoms with Crippen LogP contribution in [0, 0.1) is 0 Å². The first kappa shape index (κ1) is 15.8. The normalized spacial score (nSPS) is 22.8. The molecule has 0 bridgehead atoms. The third kappa shape index (κ3) is 3.20. The molecule has 6 heteroatoms. The summed E-state index contributed by atoms with van der Waals surface area (Å²) >= 11 is 0. The summed E-state index contributed by atoms with van der Waals surface area (Å²) in [7, 11) is 0. The van der Waals surface area contributed by atoms with E-state index in [1.165, 1.54) is 0 Å². The van der Waals surface area contributed by atoms with Crippen molar-refractivity contribution >= 4 is 11.8 Å². The fourth-order valence-corrected chi connectivity index (χ4v) is 3.03. The first-order valence-electron chi connectivity index (χ1n) is 7.81. The molecule has 2 atom stereocenters. The molecule has 1 saturated carbocycles. The van der Waals surface area contributed by atoms with Crippen LogP contribution in [0.1, 0.15) is 68.3 Å². The summed E-state index contributed by atoms with van der Waals surface area (Å²) in [5.74, 6) is 0.560. The van der Waals surface area contributed by atoms with Gasteiger partial charge in [-0.05, 0) is 19.8 Å². The van der Waals surface area contributed by atoms with Crippen LogP contribution in [0.25, 0.3) is 0 Å². The van der Waals surface area contributed by atoms with E-state index in [0.717, 1.165) is 37.9 Å². The summed E-state index contributed by atoms with van der Waals surface area (Å²) in [6.07, 6.45) is 5.04. The van der Waals surface area contributed by atoms with Gasteiger partial charge in [-0.1, -0.05) is 26.2 Å². The minimum Gasteiger partial charge on any atom is -0.461 e. The number of aryl methyl sites for hydroxylation is 1. The molecule has 1 aliphatic rings. The molecule has 118 valence electrons. The second-order valence-electron chi connectivity index (χ2n) is 5.48. The molecule has 1 aliphatic carbocycles. The number of carbonyl (C=O) groups excluding carboxylic acids is 1. The number of nitrogens with zero attached hydrogens (tertiary/aromatic N) is 2. The molecule has 0 aliphatic heterocycles. The summed E-state index contributed by atoms with van der Waals surface area (Å²) < 4.78 is 6.85. The lowest BCUT2D eigenvalue weighted by atomic mass is 10.1. The van der Waals surface area contributed by atoms with Crippen LogP contribution in [0.2, 0.25) is 0 Å². The van der Waals surface area contributed by atoms with E-state index < -0.39 is 12.1 Å². The maximum atomic E-state index is 11.9. The number of ether oxygens (including phenoxy) is 1. The average Bonchev–Trinajstić information content (AvgIpc) is 2.64. The van der Waals surface area contributed by atoms with E-state index in [9.17, 15) is 9.90 Å². The first-order chi connectivity index (χ1) is 10.1. The third-order valence-corrected chi connectivity index (χ3v) is 4.08. The molecule has 1 fully saturated rings. The van der Waals surface area contributed by atoms with E-state index in [1.54, 1.807) is 6.92 Å². The number of hydrogen-bond donors (Lipinski definition) is 2. The molecule has 0 radical (unpaired) electrons. The van der Waals surface area contributed by atoms with Crippen LogP contribution in [0.4, 0.5) is 5.82 Å². The smallest absolute Gasteiger partial charge is 0.360 e. The maximum absolute atomic E-state index is 11.9. The van der Waals surface area contributed by atoms with E-state index in [4.69, 9.17) is 10.5 Å². The number of nitrogen functional groups attached to an aromatic ring is 1. The Bertz CT molecular complexity index is 499. The number of aromatic nitrogens is 2. The highest BCUT2D eigenvalue weighted by Gasteiger charge is 2.30. The number of aliphatic hydroxyl groups excluding tert-OH is 1. The van der Waals surface area contributed by atoms with Gasteiger partial charge in [0.2, 0.25) is 0 Å². The molecule has 1 heterocycles. The van der Waals surface area contributed by atoms with Gasteiger partial charge in [0.25, 0.3) is 0 Å². The van der Waals surface area contributed by atoms with Gasteiger partial charge in [0.05, 0.1) is 18.8 Å². The summed E-state index contributed by atoms with van der Waals surface area (Å²) in [5, 5.41) is 10.4. The Morgan fingerprint density at radius 1 is 1.38 bits per heavy atom. The molecular weight excluding hydrogens is 270 g/mol. The van der Waals surface area contributed by atoms with Gasteiger partial charge < -0.3 is 20.1 Å². The van der Waals surface area contributed by atoms with Crippen molar-refractivity contribution in [1.29, 1.82) is 0 Å². The standard InChI is InChI=1S/C15H25N3O3/c1-3-12-17-13(15(20)21-4-2)14(16)18(12)10-8-6-5-7-9-11(10)19/h10-11,19H,3-9,16H2,1-2H3. The molecular formula is C15H25N3O3. The van der Waals surface area contributed by atoms with Crippen molar-refractivity contribution in [3.63, 3.8) is 0 Å². The molecule has 3 N–H and O–H groups in total. The van der Waals surface area contributed by atoms with Gasteiger partial charge in [0, 0.05) is 6.42 Å². The number of rotatable bonds is 4.